The second kappa shape index (κ2) is 6.13. The topological polar surface area (TPSA) is 21.3 Å². The number of ether oxygens (including phenoxy) is 1. The van der Waals surface area contributed by atoms with E-state index in [4.69, 9.17) is 4.74 Å². The lowest BCUT2D eigenvalue weighted by atomic mass is 9.64. The number of hydrogen-bond acceptors (Lipinski definition) is 2. The second-order valence-electron chi connectivity index (χ2n) is 8.50. The molecule has 3 atom stereocenters. The molecule has 19 heavy (non-hydrogen) atoms. The van der Waals surface area contributed by atoms with Gasteiger partial charge in [-0.15, -0.1) is 0 Å². The normalized spacial score (nSPS) is 28.3. The first-order chi connectivity index (χ1) is 8.55. The summed E-state index contributed by atoms with van der Waals surface area (Å²) < 4.78 is 6.02. The fraction of sp³-hybridized carbons (Fsp3) is 1.00. The van der Waals surface area contributed by atoms with E-state index in [1.165, 1.54) is 0 Å². The van der Waals surface area contributed by atoms with Gasteiger partial charge in [0.25, 0.3) is 0 Å². The van der Waals surface area contributed by atoms with E-state index >= 15 is 0 Å². The van der Waals surface area contributed by atoms with Gasteiger partial charge in [0, 0.05) is 18.1 Å². The maximum atomic E-state index is 6.02. The molecule has 0 radical (unpaired) electrons. The van der Waals surface area contributed by atoms with Crippen LogP contribution in [0.15, 0.2) is 0 Å². The monoisotopic (exact) mass is 269 g/mol. The van der Waals surface area contributed by atoms with Crippen LogP contribution in [-0.2, 0) is 4.74 Å². The first-order valence-electron chi connectivity index (χ1n) is 7.90. The van der Waals surface area contributed by atoms with E-state index in [1.807, 2.05) is 0 Å². The van der Waals surface area contributed by atoms with E-state index in [0.29, 0.717) is 29.4 Å². The molecule has 0 saturated heterocycles. The molecule has 2 nitrogen and oxygen atoms in total. The Kier molecular flexibility index (Phi) is 5.48. The summed E-state index contributed by atoms with van der Waals surface area (Å²) in [5.74, 6) is 1.32. The molecule has 0 amide bonds. The van der Waals surface area contributed by atoms with Crippen molar-refractivity contribution in [1.29, 1.82) is 0 Å². The standard InChI is InChI=1S/C17H35NO/c1-12(2)11-19-15-9-14(17(15,7)8)18-10-13(3)16(4,5)6/h12-15,18H,9-11H2,1-8H3. The van der Waals surface area contributed by atoms with E-state index in [-0.39, 0.29) is 5.41 Å². The summed E-state index contributed by atoms with van der Waals surface area (Å²) in [4.78, 5) is 0. The summed E-state index contributed by atoms with van der Waals surface area (Å²) in [6, 6.07) is 0.606. The van der Waals surface area contributed by atoms with Gasteiger partial charge in [-0.3, -0.25) is 0 Å². The molecule has 3 unspecified atom stereocenters. The highest BCUT2D eigenvalue weighted by Crippen LogP contribution is 2.43. The summed E-state index contributed by atoms with van der Waals surface area (Å²) in [5.41, 5.74) is 0.654. The molecule has 0 aromatic rings. The molecule has 1 saturated carbocycles. The van der Waals surface area contributed by atoms with Gasteiger partial charge in [-0.1, -0.05) is 55.4 Å². The van der Waals surface area contributed by atoms with Crippen LogP contribution in [0.25, 0.3) is 0 Å². The molecule has 1 rings (SSSR count). The molecule has 0 bridgehead atoms. The molecule has 0 aromatic heterocycles. The van der Waals surface area contributed by atoms with Crippen molar-refractivity contribution >= 4 is 0 Å². The SMILES string of the molecule is CC(C)COC1CC(NCC(C)C(C)(C)C)C1(C)C. The molecule has 0 spiro atoms. The molecular formula is C17H35NO. The van der Waals surface area contributed by atoms with Crippen LogP contribution in [0.2, 0.25) is 0 Å². The van der Waals surface area contributed by atoms with Crippen molar-refractivity contribution in [2.24, 2.45) is 22.7 Å². The summed E-state index contributed by atoms with van der Waals surface area (Å²) in [7, 11) is 0. The number of hydrogen-bond donors (Lipinski definition) is 1. The van der Waals surface area contributed by atoms with Crippen LogP contribution in [0.5, 0.6) is 0 Å². The van der Waals surface area contributed by atoms with E-state index in [9.17, 15) is 0 Å². The summed E-state index contributed by atoms with van der Waals surface area (Å²) in [6.45, 7) is 20.4. The minimum atomic E-state index is 0.270. The van der Waals surface area contributed by atoms with Crippen molar-refractivity contribution in [2.75, 3.05) is 13.2 Å². The van der Waals surface area contributed by atoms with Crippen LogP contribution in [0.3, 0.4) is 0 Å². The Balaban J connectivity index is 2.35. The van der Waals surface area contributed by atoms with Gasteiger partial charge in [0.15, 0.2) is 0 Å². The molecule has 114 valence electrons. The highest BCUT2D eigenvalue weighted by atomic mass is 16.5. The molecule has 1 N–H and O–H groups in total. The van der Waals surface area contributed by atoms with Gasteiger partial charge in [-0.2, -0.15) is 0 Å². The van der Waals surface area contributed by atoms with Gasteiger partial charge in [0.05, 0.1) is 6.10 Å². The van der Waals surface area contributed by atoms with E-state index in [0.717, 1.165) is 19.6 Å². The number of nitrogens with one attached hydrogen (secondary N) is 1. The van der Waals surface area contributed by atoms with Crippen LogP contribution >= 0.6 is 0 Å². The van der Waals surface area contributed by atoms with Crippen molar-refractivity contribution in [3.05, 3.63) is 0 Å². The summed E-state index contributed by atoms with van der Waals surface area (Å²) in [5, 5.41) is 3.75. The quantitative estimate of drug-likeness (QED) is 0.784. The van der Waals surface area contributed by atoms with Gasteiger partial charge in [-0.25, -0.2) is 0 Å². The first kappa shape index (κ1) is 17.0. The van der Waals surface area contributed by atoms with Gasteiger partial charge < -0.3 is 10.1 Å². The van der Waals surface area contributed by atoms with Crippen molar-refractivity contribution in [2.45, 2.75) is 74.0 Å². The van der Waals surface area contributed by atoms with E-state index in [2.05, 4.69) is 60.7 Å². The maximum absolute atomic E-state index is 6.02. The maximum Gasteiger partial charge on any atom is 0.0656 e. The molecule has 0 aromatic carbocycles. The lowest BCUT2D eigenvalue weighted by Crippen LogP contribution is -2.61. The predicted octanol–water partition coefficient (Wildman–Crippen LogP) is 4.10. The van der Waals surface area contributed by atoms with Crippen LogP contribution in [0, 0.1) is 22.7 Å². The van der Waals surface area contributed by atoms with Crippen LogP contribution < -0.4 is 5.32 Å². The molecule has 0 aliphatic heterocycles. The fourth-order valence-electron chi connectivity index (χ4n) is 2.45. The van der Waals surface area contributed by atoms with Gasteiger partial charge in [0.2, 0.25) is 0 Å². The highest BCUT2D eigenvalue weighted by molar-refractivity contribution is 5.03. The van der Waals surface area contributed by atoms with Crippen LogP contribution in [0.1, 0.15) is 61.8 Å². The zero-order chi connectivity index (χ0) is 14.8. The summed E-state index contributed by atoms with van der Waals surface area (Å²) >= 11 is 0. The predicted molar refractivity (Wildman–Crippen MR) is 83.4 cm³/mol. The van der Waals surface area contributed by atoms with Crippen molar-refractivity contribution in [3.63, 3.8) is 0 Å². The van der Waals surface area contributed by atoms with Crippen LogP contribution in [0.4, 0.5) is 0 Å². The molecule has 2 heteroatoms. The Morgan fingerprint density at radius 3 is 2.21 bits per heavy atom. The minimum Gasteiger partial charge on any atom is -0.377 e. The van der Waals surface area contributed by atoms with Gasteiger partial charge in [-0.05, 0) is 30.2 Å². The second-order valence-corrected chi connectivity index (χ2v) is 8.50. The minimum absolute atomic E-state index is 0.270. The van der Waals surface area contributed by atoms with Crippen molar-refractivity contribution in [3.8, 4) is 0 Å². The van der Waals surface area contributed by atoms with Crippen LogP contribution in [-0.4, -0.2) is 25.3 Å². The Hall–Kier alpha value is -0.0800. The third kappa shape index (κ3) is 4.46. The molecule has 1 aliphatic rings. The van der Waals surface area contributed by atoms with E-state index in [1.54, 1.807) is 0 Å². The fourth-order valence-corrected chi connectivity index (χ4v) is 2.45. The number of rotatable bonds is 6. The summed E-state index contributed by atoms with van der Waals surface area (Å²) in [6.07, 6.45) is 1.59. The average molecular weight is 269 g/mol. The molecule has 1 aliphatic carbocycles. The molecule has 0 heterocycles. The van der Waals surface area contributed by atoms with E-state index < -0.39 is 0 Å². The third-order valence-electron chi connectivity index (χ3n) is 4.96. The molecule has 1 fully saturated rings. The average Bonchev–Trinajstić information content (AvgIpc) is 2.24. The van der Waals surface area contributed by atoms with Crippen molar-refractivity contribution < 1.29 is 4.74 Å². The lowest BCUT2D eigenvalue weighted by Gasteiger charge is -2.52. The Labute approximate surface area is 120 Å². The van der Waals surface area contributed by atoms with Gasteiger partial charge in [0.1, 0.15) is 0 Å². The largest absolute Gasteiger partial charge is 0.377 e. The Morgan fingerprint density at radius 1 is 1.21 bits per heavy atom. The Bertz CT molecular complexity index is 277. The third-order valence-corrected chi connectivity index (χ3v) is 4.96. The lowest BCUT2D eigenvalue weighted by molar-refractivity contribution is -0.124. The smallest absolute Gasteiger partial charge is 0.0656 e. The van der Waals surface area contributed by atoms with Crippen molar-refractivity contribution in [1.82, 2.24) is 5.32 Å². The highest BCUT2D eigenvalue weighted by Gasteiger charge is 2.48. The Morgan fingerprint density at radius 2 is 1.79 bits per heavy atom. The van der Waals surface area contributed by atoms with Gasteiger partial charge >= 0.3 is 0 Å². The zero-order valence-electron chi connectivity index (χ0n) is 14.3. The first-order valence-corrected chi connectivity index (χ1v) is 7.90. The molecular weight excluding hydrogens is 234 g/mol. The zero-order valence-corrected chi connectivity index (χ0v) is 14.3.